The molecule has 130 valence electrons. The Bertz CT molecular complexity index is 801. The van der Waals surface area contributed by atoms with Gasteiger partial charge in [0.1, 0.15) is 0 Å². The minimum atomic E-state index is -0.297. The van der Waals surface area contributed by atoms with Gasteiger partial charge in [-0.2, -0.15) is 0 Å². The summed E-state index contributed by atoms with van der Waals surface area (Å²) in [6.45, 7) is 4.58. The molecule has 0 saturated carbocycles. The van der Waals surface area contributed by atoms with Crippen molar-refractivity contribution in [2.24, 2.45) is 0 Å². The fourth-order valence-corrected chi connectivity index (χ4v) is 3.12. The smallest absolute Gasteiger partial charge is 0.312 e. The van der Waals surface area contributed by atoms with Crippen LogP contribution < -0.4 is 15.5 Å². The number of rotatable bonds is 3. The molecule has 0 radical (unpaired) electrons. The Morgan fingerprint density at radius 1 is 1.08 bits per heavy atom. The number of benzene rings is 2. The molecule has 0 saturated heterocycles. The summed E-state index contributed by atoms with van der Waals surface area (Å²) in [5, 5.41) is 5.68. The van der Waals surface area contributed by atoms with Gasteiger partial charge in [-0.25, -0.2) is 4.79 Å². The van der Waals surface area contributed by atoms with Crippen LogP contribution in [0.1, 0.15) is 30.9 Å². The van der Waals surface area contributed by atoms with Crippen LogP contribution in [-0.4, -0.2) is 18.5 Å². The third-order valence-corrected chi connectivity index (χ3v) is 4.34. The number of aryl methyl sites for hydroxylation is 2. The molecule has 0 aromatic heterocycles. The first-order valence-corrected chi connectivity index (χ1v) is 8.65. The van der Waals surface area contributed by atoms with Crippen LogP contribution in [-0.2, 0) is 11.2 Å². The molecule has 0 unspecified atom stereocenters. The van der Waals surface area contributed by atoms with E-state index in [2.05, 4.69) is 10.6 Å². The summed E-state index contributed by atoms with van der Waals surface area (Å²) >= 11 is 0. The molecule has 1 aliphatic heterocycles. The topological polar surface area (TPSA) is 61.4 Å². The van der Waals surface area contributed by atoms with E-state index in [0.29, 0.717) is 12.1 Å². The van der Waals surface area contributed by atoms with Gasteiger partial charge in [-0.1, -0.05) is 25.1 Å². The quantitative estimate of drug-likeness (QED) is 0.876. The number of urea groups is 1. The van der Waals surface area contributed by atoms with Crippen LogP contribution >= 0.6 is 0 Å². The molecular formula is C20H23N3O2. The average Bonchev–Trinajstić information content (AvgIpc) is 2.60. The van der Waals surface area contributed by atoms with E-state index in [1.165, 1.54) is 0 Å². The maximum absolute atomic E-state index is 12.2. The van der Waals surface area contributed by atoms with Gasteiger partial charge in [0.15, 0.2) is 0 Å². The second kappa shape index (κ2) is 7.38. The molecule has 5 nitrogen and oxygen atoms in total. The predicted molar refractivity (Wildman–Crippen MR) is 101 cm³/mol. The van der Waals surface area contributed by atoms with Crippen molar-refractivity contribution < 1.29 is 9.59 Å². The largest absolute Gasteiger partial charge is 0.323 e. The van der Waals surface area contributed by atoms with E-state index in [9.17, 15) is 9.59 Å². The van der Waals surface area contributed by atoms with Crippen LogP contribution in [0, 0.1) is 6.92 Å². The minimum absolute atomic E-state index is 0.113. The highest BCUT2D eigenvalue weighted by Gasteiger charge is 2.21. The summed E-state index contributed by atoms with van der Waals surface area (Å²) in [6.07, 6.45) is 2.41. The summed E-state index contributed by atoms with van der Waals surface area (Å²) in [5.74, 6) is 0.113. The Morgan fingerprint density at radius 3 is 2.56 bits per heavy atom. The summed E-state index contributed by atoms with van der Waals surface area (Å²) in [5.41, 5.74) is 4.57. The van der Waals surface area contributed by atoms with Crippen molar-refractivity contribution in [3.8, 4) is 0 Å². The highest BCUT2D eigenvalue weighted by Crippen LogP contribution is 2.30. The average molecular weight is 337 g/mol. The number of carbonyl (C=O) groups is 2. The number of fused-ring (bicyclic) bond motifs is 1. The molecule has 3 amide bonds. The molecule has 0 fully saturated rings. The van der Waals surface area contributed by atoms with Crippen molar-refractivity contribution >= 4 is 29.0 Å². The van der Waals surface area contributed by atoms with E-state index in [4.69, 9.17) is 0 Å². The summed E-state index contributed by atoms with van der Waals surface area (Å²) in [4.78, 5) is 26.2. The minimum Gasteiger partial charge on any atom is -0.312 e. The van der Waals surface area contributed by atoms with Gasteiger partial charge in [-0.3, -0.25) is 4.79 Å². The number of nitrogens with one attached hydrogen (secondary N) is 2. The van der Waals surface area contributed by atoms with Gasteiger partial charge in [-0.05, 0) is 55.2 Å². The van der Waals surface area contributed by atoms with E-state index in [1.54, 1.807) is 0 Å². The van der Waals surface area contributed by atoms with Gasteiger partial charge in [0.25, 0.3) is 0 Å². The zero-order valence-electron chi connectivity index (χ0n) is 14.6. The van der Waals surface area contributed by atoms with Crippen LogP contribution in [0.4, 0.5) is 21.9 Å². The molecule has 0 spiro atoms. The Morgan fingerprint density at radius 2 is 1.84 bits per heavy atom. The molecular weight excluding hydrogens is 314 g/mol. The van der Waals surface area contributed by atoms with Gasteiger partial charge in [-0.15, -0.1) is 0 Å². The van der Waals surface area contributed by atoms with E-state index in [0.717, 1.165) is 41.9 Å². The SMILES string of the molecule is CCC(=O)N1CCCc2ccc(NC(=O)Nc3cccc(C)c3)cc21. The lowest BCUT2D eigenvalue weighted by atomic mass is 10.0. The lowest BCUT2D eigenvalue weighted by molar-refractivity contribution is -0.118. The number of nitrogens with zero attached hydrogens (tertiary/aromatic N) is 1. The Labute approximate surface area is 148 Å². The van der Waals surface area contributed by atoms with Crippen molar-refractivity contribution in [3.63, 3.8) is 0 Å². The number of hydrogen-bond donors (Lipinski definition) is 2. The fraction of sp³-hybridized carbons (Fsp3) is 0.300. The summed E-state index contributed by atoms with van der Waals surface area (Å²) in [6, 6.07) is 13.1. The summed E-state index contributed by atoms with van der Waals surface area (Å²) < 4.78 is 0. The third-order valence-electron chi connectivity index (χ3n) is 4.34. The Balaban J connectivity index is 1.75. The zero-order valence-corrected chi connectivity index (χ0v) is 14.6. The standard InChI is InChI=1S/C20H23N3O2/c1-3-19(24)23-11-5-7-15-9-10-17(13-18(15)23)22-20(25)21-16-8-4-6-14(2)12-16/h4,6,8-10,12-13H,3,5,7,11H2,1-2H3,(H2,21,22,25). The second-order valence-electron chi connectivity index (χ2n) is 6.29. The Kier molecular flexibility index (Phi) is 5.03. The molecule has 2 aromatic rings. The lowest BCUT2D eigenvalue weighted by Crippen LogP contribution is -2.35. The van der Waals surface area contributed by atoms with Crippen LogP contribution in [0.5, 0.6) is 0 Å². The molecule has 2 N–H and O–H groups in total. The maximum Gasteiger partial charge on any atom is 0.323 e. The van der Waals surface area contributed by atoms with E-state index in [1.807, 2.05) is 61.2 Å². The van der Waals surface area contributed by atoms with Crippen molar-refractivity contribution in [2.45, 2.75) is 33.1 Å². The zero-order chi connectivity index (χ0) is 17.8. The van der Waals surface area contributed by atoms with Crippen molar-refractivity contribution in [2.75, 3.05) is 22.1 Å². The maximum atomic E-state index is 12.2. The third kappa shape index (κ3) is 3.99. The van der Waals surface area contributed by atoms with Gasteiger partial charge >= 0.3 is 6.03 Å². The van der Waals surface area contributed by atoms with Crippen LogP contribution in [0.25, 0.3) is 0 Å². The second-order valence-corrected chi connectivity index (χ2v) is 6.29. The molecule has 3 rings (SSSR count). The number of anilines is 3. The van der Waals surface area contributed by atoms with Gasteiger partial charge in [0.05, 0.1) is 0 Å². The molecule has 0 aliphatic carbocycles. The first kappa shape index (κ1) is 17.0. The van der Waals surface area contributed by atoms with E-state index >= 15 is 0 Å². The Hall–Kier alpha value is -2.82. The number of carbonyl (C=O) groups excluding carboxylic acids is 2. The van der Waals surface area contributed by atoms with Crippen LogP contribution in [0.2, 0.25) is 0 Å². The van der Waals surface area contributed by atoms with Gasteiger partial charge in [0.2, 0.25) is 5.91 Å². The normalized spacial score (nSPS) is 13.1. The number of hydrogen-bond acceptors (Lipinski definition) is 2. The molecule has 1 heterocycles. The highest BCUT2D eigenvalue weighted by atomic mass is 16.2. The molecule has 5 heteroatoms. The lowest BCUT2D eigenvalue weighted by Gasteiger charge is -2.29. The van der Waals surface area contributed by atoms with Crippen molar-refractivity contribution in [3.05, 3.63) is 53.6 Å². The first-order chi connectivity index (χ1) is 12.1. The van der Waals surface area contributed by atoms with Gasteiger partial charge in [0, 0.05) is 30.0 Å². The van der Waals surface area contributed by atoms with Crippen molar-refractivity contribution in [1.29, 1.82) is 0 Å². The van der Waals surface area contributed by atoms with E-state index in [-0.39, 0.29) is 11.9 Å². The monoisotopic (exact) mass is 337 g/mol. The predicted octanol–water partition coefficient (Wildman–Crippen LogP) is 4.33. The molecule has 1 aliphatic rings. The molecule has 25 heavy (non-hydrogen) atoms. The van der Waals surface area contributed by atoms with E-state index < -0.39 is 0 Å². The fourth-order valence-electron chi connectivity index (χ4n) is 3.12. The number of amides is 3. The van der Waals surface area contributed by atoms with Crippen LogP contribution in [0.3, 0.4) is 0 Å². The molecule has 0 bridgehead atoms. The summed E-state index contributed by atoms with van der Waals surface area (Å²) in [7, 11) is 0. The highest BCUT2D eigenvalue weighted by molar-refractivity contribution is 6.01. The van der Waals surface area contributed by atoms with Crippen LogP contribution in [0.15, 0.2) is 42.5 Å². The molecule has 2 aromatic carbocycles. The van der Waals surface area contributed by atoms with Gasteiger partial charge < -0.3 is 15.5 Å². The first-order valence-electron chi connectivity index (χ1n) is 8.65. The van der Waals surface area contributed by atoms with Crippen molar-refractivity contribution in [1.82, 2.24) is 0 Å². The molecule has 0 atom stereocenters.